The van der Waals surface area contributed by atoms with Gasteiger partial charge in [-0.25, -0.2) is 9.97 Å². The van der Waals surface area contributed by atoms with Gasteiger partial charge in [-0.2, -0.15) is 0 Å². The van der Waals surface area contributed by atoms with E-state index in [1.807, 2.05) is 106 Å². The van der Waals surface area contributed by atoms with Gasteiger partial charge in [0.05, 0.1) is 0 Å². The summed E-state index contributed by atoms with van der Waals surface area (Å²) in [5, 5.41) is 0. The summed E-state index contributed by atoms with van der Waals surface area (Å²) in [6.45, 7) is 8.12. The van der Waals surface area contributed by atoms with Crippen molar-refractivity contribution in [2.75, 3.05) is 22.9 Å². The smallest absolute Gasteiger partial charge is 0.239 e. The van der Waals surface area contributed by atoms with Crippen LogP contribution in [0.3, 0.4) is 0 Å². The van der Waals surface area contributed by atoms with Gasteiger partial charge in [-0.3, -0.25) is 0 Å². The molecule has 236 valence electrons. The summed E-state index contributed by atoms with van der Waals surface area (Å²) in [6, 6.07) is 36.4. The minimum absolute atomic E-state index is 0.711. The maximum Gasteiger partial charge on any atom is 0.239 e. The molecule has 48 heavy (non-hydrogen) atoms. The summed E-state index contributed by atoms with van der Waals surface area (Å²) < 4.78 is 4.36. The van der Waals surface area contributed by atoms with Crippen LogP contribution in [0.4, 0.5) is 22.7 Å². The van der Waals surface area contributed by atoms with Crippen LogP contribution in [-0.4, -0.2) is 9.97 Å². The average Bonchev–Trinajstić information content (AvgIpc) is 3.06. The van der Waals surface area contributed by atoms with Gasteiger partial charge in [0.25, 0.3) is 0 Å². The highest BCUT2D eigenvalue weighted by molar-refractivity contribution is 5.88. The minimum Gasteiger partial charge on any atom is -0.399 e. The molecule has 2 heterocycles. The number of nitrogen functional groups attached to an aromatic ring is 4. The van der Waals surface area contributed by atoms with Crippen LogP contribution in [0.5, 0.6) is 0 Å². The van der Waals surface area contributed by atoms with Crippen LogP contribution in [0.25, 0.3) is 55.5 Å². The summed E-state index contributed by atoms with van der Waals surface area (Å²) in [6.07, 6.45) is 0. The molecule has 0 radical (unpaired) electrons. The molecule has 8 heteroatoms. The van der Waals surface area contributed by atoms with Crippen LogP contribution < -0.4 is 32.1 Å². The second kappa shape index (κ2) is 11.8. The van der Waals surface area contributed by atoms with E-state index in [-0.39, 0.29) is 0 Å². The van der Waals surface area contributed by atoms with Crippen molar-refractivity contribution in [3.8, 4) is 11.4 Å². The molecule has 8 nitrogen and oxygen atoms in total. The Kier molecular flexibility index (Phi) is 7.48. The lowest BCUT2D eigenvalue weighted by Crippen LogP contribution is -2.34. The van der Waals surface area contributed by atoms with Gasteiger partial charge < -0.3 is 22.9 Å². The Morgan fingerprint density at radius 1 is 0.417 bits per heavy atom. The third kappa shape index (κ3) is 5.33. The zero-order valence-corrected chi connectivity index (χ0v) is 27.5. The van der Waals surface area contributed by atoms with Crippen molar-refractivity contribution in [2.24, 2.45) is 0 Å². The Labute approximate surface area is 278 Å². The number of fused-ring (bicyclic) bond motifs is 4. The second-order valence-corrected chi connectivity index (χ2v) is 12.4. The van der Waals surface area contributed by atoms with Gasteiger partial charge in [-0.15, -0.1) is 9.13 Å². The number of nitrogens with two attached hydrogens (primary N) is 4. The zero-order valence-electron chi connectivity index (χ0n) is 27.5. The van der Waals surface area contributed by atoms with Crippen molar-refractivity contribution in [3.63, 3.8) is 0 Å². The van der Waals surface area contributed by atoms with E-state index in [1.54, 1.807) is 0 Å². The van der Waals surface area contributed by atoms with Gasteiger partial charge in [-0.1, -0.05) is 36.4 Å². The highest BCUT2D eigenvalue weighted by Gasteiger charge is 2.23. The van der Waals surface area contributed by atoms with E-state index >= 15 is 0 Å². The SMILES string of the molecule is Cc1cc2nc3cc(C)c(N)cc3[n+](-c3ccccc3C)c2cc1N.Cc1cc2nc3ccc(N)cc3[n+](-c3ccccc3)c2cc1N. The molecule has 0 fully saturated rings. The number of anilines is 4. The van der Waals surface area contributed by atoms with Crippen LogP contribution >= 0.6 is 0 Å². The monoisotopic (exact) mass is 630 g/mol. The summed E-state index contributed by atoms with van der Waals surface area (Å²) >= 11 is 0. The van der Waals surface area contributed by atoms with E-state index in [0.29, 0.717) is 5.69 Å². The number of aryl methyl sites for hydroxylation is 4. The highest BCUT2D eigenvalue weighted by Crippen LogP contribution is 2.26. The molecule has 8 aromatic rings. The first kappa shape index (κ1) is 30.4. The van der Waals surface area contributed by atoms with Crippen LogP contribution in [0.15, 0.2) is 109 Å². The highest BCUT2D eigenvalue weighted by atomic mass is 15.0. The van der Waals surface area contributed by atoms with E-state index in [1.165, 1.54) is 5.56 Å². The fourth-order valence-corrected chi connectivity index (χ4v) is 6.16. The van der Waals surface area contributed by atoms with Crippen LogP contribution in [0.2, 0.25) is 0 Å². The molecular formula is C40H38N8+2. The van der Waals surface area contributed by atoms with Gasteiger partial charge in [0.2, 0.25) is 33.4 Å². The number of hydrogen-bond donors (Lipinski definition) is 4. The molecule has 2 aromatic heterocycles. The maximum absolute atomic E-state index is 6.20. The van der Waals surface area contributed by atoms with Crippen molar-refractivity contribution in [1.82, 2.24) is 9.97 Å². The molecule has 0 saturated carbocycles. The van der Waals surface area contributed by atoms with Crippen LogP contribution in [0, 0.1) is 27.7 Å². The number of aromatic nitrogens is 4. The number of rotatable bonds is 2. The first-order valence-corrected chi connectivity index (χ1v) is 15.8. The van der Waals surface area contributed by atoms with Crippen LogP contribution in [0.1, 0.15) is 22.3 Å². The lowest BCUT2D eigenvalue weighted by Gasteiger charge is -2.10. The number of nitrogens with zero attached hydrogens (tertiary/aromatic N) is 4. The number of para-hydroxylation sites is 2. The quantitative estimate of drug-likeness (QED) is 0.0932. The fraction of sp³-hybridized carbons (Fsp3) is 0.100. The van der Waals surface area contributed by atoms with Crippen molar-refractivity contribution in [3.05, 3.63) is 131 Å². The third-order valence-corrected chi connectivity index (χ3v) is 8.91. The fourth-order valence-electron chi connectivity index (χ4n) is 6.16. The Balaban J connectivity index is 0.000000152. The molecule has 6 aromatic carbocycles. The summed E-state index contributed by atoms with van der Waals surface area (Å²) in [7, 11) is 0. The average molecular weight is 631 g/mol. The summed E-state index contributed by atoms with van der Waals surface area (Å²) in [4.78, 5) is 9.64. The predicted molar refractivity (Wildman–Crippen MR) is 198 cm³/mol. The largest absolute Gasteiger partial charge is 0.399 e. The Morgan fingerprint density at radius 3 is 1.42 bits per heavy atom. The molecular weight excluding hydrogens is 592 g/mol. The van der Waals surface area contributed by atoms with Gasteiger partial charge in [0, 0.05) is 70.8 Å². The van der Waals surface area contributed by atoms with Gasteiger partial charge in [-0.05, 0) is 74.7 Å². The zero-order chi connectivity index (χ0) is 33.7. The van der Waals surface area contributed by atoms with Gasteiger partial charge >= 0.3 is 0 Å². The molecule has 8 N–H and O–H groups in total. The molecule has 0 unspecified atom stereocenters. The molecule has 0 aliphatic rings. The normalized spacial score (nSPS) is 11.2. The number of hydrogen-bond acceptors (Lipinski definition) is 6. The van der Waals surface area contributed by atoms with Crippen molar-refractivity contribution in [2.45, 2.75) is 27.7 Å². The summed E-state index contributed by atoms with van der Waals surface area (Å²) in [5.41, 5.74) is 41.5. The van der Waals surface area contributed by atoms with E-state index < -0.39 is 0 Å². The van der Waals surface area contributed by atoms with Crippen molar-refractivity contribution >= 4 is 66.9 Å². The van der Waals surface area contributed by atoms with Crippen LogP contribution in [-0.2, 0) is 0 Å². The van der Waals surface area contributed by atoms with E-state index in [4.69, 9.17) is 32.9 Å². The Morgan fingerprint density at radius 2 is 0.875 bits per heavy atom. The Hall–Kier alpha value is -6.28. The first-order valence-electron chi connectivity index (χ1n) is 15.8. The predicted octanol–water partition coefficient (Wildman–Crippen LogP) is 6.89. The molecule has 0 aliphatic carbocycles. The molecule has 0 bridgehead atoms. The molecule has 0 atom stereocenters. The molecule has 0 spiro atoms. The molecule has 0 saturated heterocycles. The maximum atomic E-state index is 6.20. The minimum atomic E-state index is 0.711. The molecule has 0 amide bonds. The molecule has 0 aliphatic heterocycles. The second-order valence-electron chi connectivity index (χ2n) is 12.4. The van der Waals surface area contributed by atoms with Gasteiger partial charge in [0.15, 0.2) is 0 Å². The topological polar surface area (TPSA) is 138 Å². The van der Waals surface area contributed by atoms with E-state index in [2.05, 4.69) is 40.3 Å². The summed E-state index contributed by atoms with van der Waals surface area (Å²) in [5.74, 6) is 0. The van der Waals surface area contributed by atoms with Crippen molar-refractivity contribution < 1.29 is 9.13 Å². The van der Waals surface area contributed by atoms with Crippen molar-refractivity contribution in [1.29, 1.82) is 0 Å². The lowest BCUT2D eigenvalue weighted by molar-refractivity contribution is -0.538. The van der Waals surface area contributed by atoms with E-state index in [0.717, 1.165) is 89.3 Å². The molecule has 8 rings (SSSR count). The standard InChI is InChI=1S/C21H20N4.C19H16N4/c1-12-6-4-5-7-19(12)25-20-10-15(22)13(2)8-17(20)24-18-9-14(3)16(23)11-21(18)25;1-12-9-17-19(11-15(12)21)23(14-5-3-2-4-6-14)18-10-13(20)7-8-16(18)22-17/h4-11H,1-3H3,(H3,22,23);2-11H,1H3,(H3,20,21)/p+2. The van der Waals surface area contributed by atoms with E-state index in [9.17, 15) is 0 Å². The van der Waals surface area contributed by atoms with Gasteiger partial charge in [0.1, 0.15) is 22.1 Å². The third-order valence-electron chi connectivity index (χ3n) is 8.91. The number of benzene rings is 6. The Bertz CT molecular complexity index is 2480. The lowest BCUT2D eigenvalue weighted by atomic mass is 10.1. The first-order chi connectivity index (χ1) is 23.1.